The molecule has 2 fully saturated rings. The zero-order valence-electron chi connectivity index (χ0n) is 11.0. The molecule has 0 spiro atoms. The number of hydrogen-bond acceptors (Lipinski definition) is 9. The van der Waals surface area contributed by atoms with Crippen molar-refractivity contribution in [2.45, 2.75) is 43.0 Å². The number of aliphatic hydroxyl groups is 3. The number of carbonyl (C=O) groups excluding carboxylic acids is 1. The van der Waals surface area contributed by atoms with Crippen molar-refractivity contribution < 1.29 is 39.5 Å². The van der Waals surface area contributed by atoms with Gasteiger partial charge in [-0.1, -0.05) is 5.16 Å². The third-order valence-corrected chi connectivity index (χ3v) is 3.56. The van der Waals surface area contributed by atoms with Gasteiger partial charge in [-0.05, 0) is 13.8 Å². The minimum atomic E-state index is -2.56. The lowest BCUT2D eigenvalue weighted by molar-refractivity contribution is -0.199. The van der Waals surface area contributed by atoms with Crippen LogP contribution < -0.4 is 0 Å². The van der Waals surface area contributed by atoms with Crippen molar-refractivity contribution in [2.24, 2.45) is 5.16 Å². The molecule has 0 unspecified atom stereocenters. The third kappa shape index (κ3) is 1.90. The van der Waals surface area contributed by atoms with Gasteiger partial charge >= 0.3 is 5.97 Å². The fourth-order valence-electron chi connectivity index (χ4n) is 2.45. The average molecular weight is 291 g/mol. The lowest BCUT2D eigenvalue weighted by atomic mass is 9.78. The van der Waals surface area contributed by atoms with Crippen LogP contribution in [0.25, 0.3) is 0 Å². The van der Waals surface area contributed by atoms with Gasteiger partial charge in [-0.15, -0.1) is 0 Å². The predicted octanol–water partition coefficient (Wildman–Crippen LogP) is -2.02. The highest BCUT2D eigenvalue weighted by molar-refractivity contribution is 5.93. The summed E-state index contributed by atoms with van der Waals surface area (Å²) >= 11 is 0. The molecule has 4 N–H and O–H groups in total. The molecule has 2 heterocycles. The molecule has 4 atom stereocenters. The Labute approximate surface area is 114 Å². The molecule has 2 aliphatic rings. The van der Waals surface area contributed by atoms with Crippen molar-refractivity contribution in [2.75, 3.05) is 13.2 Å². The van der Waals surface area contributed by atoms with Gasteiger partial charge in [-0.2, -0.15) is 0 Å². The SMILES string of the molecule is CC1(C)OC[C@H]([C@]2(O)C(=O)O[C@H](CO)[C@@]2(O)/C=N/O)O1. The molecule has 0 radical (unpaired) electrons. The van der Waals surface area contributed by atoms with Gasteiger partial charge in [0.1, 0.15) is 6.10 Å². The Morgan fingerprint density at radius 3 is 2.55 bits per heavy atom. The molecule has 2 saturated heterocycles. The first-order valence-electron chi connectivity index (χ1n) is 5.98. The van der Waals surface area contributed by atoms with Crippen LogP contribution in [0.1, 0.15) is 13.8 Å². The Morgan fingerprint density at radius 2 is 2.10 bits per heavy atom. The second-order valence-corrected chi connectivity index (χ2v) is 5.23. The maximum atomic E-state index is 11.9. The summed E-state index contributed by atoms with van der Waals surface area (Å²) < 4.78 is 15.4. The van der Waals surface area contributed by atoms with Gasteiger partial charge in [-0.3, -0.25) is 0 Å². The highest BCUT2D eigenvalue weighted by Crippen LogP contribution is 2.42. The van der Waals surface area contributed by atoms with Crippen LogP contribution >= 0.6 is 0 Å². The summed E-state index contributed by atoms with van der Waals surface area (Å²) in [5.41, 5.74) is -5.00. The zero-order valence-corrected chi connectivity index (χ0v) is 11.0. The van der Waals surface area contributed by atoms with Gasteiger partial charge in [0.05, 0.1) is 19.4 Å². The van der Waals surface area contributed by atoms with Crippen LogP contribution in [-0.2, 0) is 19.0 Å². The first kappa shape index (κ1) is 15.1. The maximum Gasteiger partial charge on any atom is 0.345 e. The molecule has 0 aromatic heterocycles. The first-order chi connectivity index (χ1) is 9.21. The second-order valence-electron chi connectivity index (χ2n) is 5.23. The van der Waals surface area contributed by atoms with Crippen molar-refractivity contribution >= 4 is 12.2 Å². The zero-order chi connectivity index (χ0) is 15.2. The molecule has 114 valence electrons. The Hall–Kier alpha value is -1.26. The lowest BCUT2D eigenvalue weighted by Crippen LogP contribution is -2.66. The number of rotatable bonds is 3. The lowest BCUT2D eigenvalue weighted by Gasteiger charge is -2.35. The Morgan fingerprint density at radius 1 is 1.45 bits per heavy atom. The van der Waals surface area contributed by atoms with Crippen LogP contribution in [0.15, 0.2) is 5.16 Å². The van der Waals surface area contributed by atoms with E-state index >= 15 is 0 Å². The van der Waals surface area contributed by atoms with Crippen LogP contribution in [-0.4, -0.2) is 75.1 Å². The van der Waals surface area contributed by atoms with Crippen LogP contribution in [0.4, 0.5) is 0 Å². The second kappa shape index (κ2) is 4.64. The Kier molecular flexibility index (Phi) is 3.51. The molecule has 0 saturated carbocycles. The predicted molar refractivity (Wildman–Crippen MR) is 62.0 cm³/mol. The average Bonchev–Trinajstić information content (AvgIpc) is 2.82. The summed E-state index contributed by atoms with van der Waals surface area (Å²) in [7, 11) is 0. The summed E-state index contributed by atoms with van der Waals surface area (Å²) in [5.74, 6) is -2.25. The van der Waals surface area contributed by atoms with E-state index in [1.807, 2.05) is 0 Å². The van der Waals surface area contributed by atoms with Crippen molar-refractivity contribution in [3.63, 3.8) is 0 Å². The van der Waals surface area contributed by atoms with E-state index in [2.05, 4.69) is 5.16 Å². The minimum Gasteiger partial charge on any atom is -0.454 e. The number of nitrogens with zero attached hydrogens (tertiary/aromatic N) is 1. The van der Waals surface area contributed by atoms with Gasteiger partial charge < -0.3 is 34.7 Å². The highest BCUT2D eigenvalue weighted by atomic mass is 16.8. The van der Waals surface area contributed by atoms with E-state index in [1.54, 1.807) is 13.8 Å². The fourth-order valence-corrected chi connectivity index (χ4v) is 2.45. The number of oxime groups is 1. The monoisotopic (exact) mass is 291 g/mol. The highest BCUT2D eigenvalue weighted by Gasteiger charge is 2.72. The molecule has 2 aliphatic heterocycles. The molecular formula is C11H17NO8. The number of esters is 1. The smallest absolute Gasteiger partial charge is 0.345 e. The van der Waals surface area contributed by atoms with E-state index in [0.717, 1.165) is 0 Å². The maximum absolute atomic E-state index is 11.9. The normalized spacial score (nSPS) is 44.1. The van der Waals surface area contributed by atoms with Crippen molar-refractivity contribution in [3.8, 4) is 0 Å². The number of hydrogen-bond donors (Lipinski definition) is 4. The molecule has 9 nitrogen and oxygen atoms in total. The van der Waals surface area contributed by atoms with E-state index in [1.165, 1.54) is 0 Å². The summed E-state index contributed by atoms with van der Waals surface area (Å²) in [6, 6.07) is 0. The Bertz CT molecular complexity index is 438. The summed E-state index contributed by atoms with van der Waals surface area (Å²) in [6.45, 7) is 2.19. The summed E-state index contributed by atoms with van der Waals surface area (Å²) in [4.78, 5) is 11.9. The topological polar surface area (TPSA) is 138 Å². The van der Waals surface area contributed by atoms with E-state index in [4.69, 9.17) is 24.5 Å². The van der Waals surface area contributed by atoms with E-state index in [9.17, 15) is 15.0 Å². The molecule has 0 aliphatic carbocycles. The summed E-state index contributed by atoms with van der Waals surface area (Å²) in [6.07, 6.45) is -2.19. The number of aliphatic hydroxyl groups excluding tert-OH is 1. The molecule has 0 amide bonds. The van der Waals surface area contributed by atoms with Crippen LogP contribution in [0.2, 0.25) is 0 Å². The van der Waals surface area contributed by atoms with Crippen LogP contribution in [0, 0.1) is 0 Å². The molecule has 2 rings (SSSR count). The molecule has 9 heteroatoms. The van der Waals surface area contributed by atoms with Crippen molar-refractivity contribution in [1.82, 2.24) is 0 Å². The van der Waals surface area contributed by atoms with Crippen LogP contribution in [0.3, 0.4) is 0 Å². The van der Waals surface area contributed by atoms with Gasteiger partial charge in [0, 0.05) is 0 Å². The molecule has 0 bridgehead atoms. The van der Waals surface area contributed by atoms with Crippen LogP contribution in [0.5, 0.6) is 0 Å². The first-order valence-corrected chi connectivity index (χ1v) is 5.98. The van der Waals surface area contributed by atoms with Gasteiger partial charge in [0.15, 0.2) is 17.5 Å². The van der Waals surface area contributed by atoms with Crippen molar-refractivity contribution in [1.29, 1.82) is 0 Å². The van der Waals surface area contributed by atoms with Gasteiger partial charge in [0.2, 0.25) is 5.60 Å². The fraction of sp³-hybridized carbons (Fsp3) is 0.818. The van der Waals surface area contributed by atoms with Gasteiger partial charge in [-0.25, -0.2) is 4.79 Å². The molecular weight excluding hydrogens is 274 g/mol. The largest absolute Gasteiger partial charge is 0.454 e. The quantitative estimate of drug-likeness (QED) is 0.202. The van der Waals surface area contributed by atoms with E-state index < -0.39 is 41.8 Å². The van der Waals surface area contributed by atoms with Gasteiger partial charge in [0.25, 0.3) is 0 Å². The minimum absolute atomic E-state index is 0.182. The van der Waals surface area contributed by atoms with E-state index in [0.29, 0.717) is 6.21 Å². The molecule has 20 heavy (non-hydrogen) atoms. The number of ether oxygens (including phenoxy) is 3. The molecule has 0 aromatic carbocycles. The molecule has 0 aromatic rings. The standard InChI is InChI=1S/C11H17NO8/c1-9(2)18-4-7(20-9)11(16)8(14)19-6(3-13)10(11,15)5-12-17/h5-7,13,15-17H,3-4H2,1-2H3/b12-5+/t6-,7-,10+,11+/m1/s1. The summed E-state index contributed by atoms with van der Waals surface area (Å²) in [5, 5.41) is 41.5. The third-order valence-electron chi connectivity index (χ3n) is 3.56. The number of carbonyl (C=O) groups is 1. The number of cyclic esters (lactones) is 1. The van der Waals surface area contributed by atoms with E-state index in [-0.39, 0.29) is 6.61 Å². The Balaban J connectivity index is 2.43. The van der Waals surface area contributed by atoms with Crippen molar-refractivity contribution in [3.05, 3.63) is 0 Å².